The van der Waals surface area contributed by atoms with E-state index in [-0.39, 0.29) is 0 Å². The van der Waals surface area contributed by atoms with E-state index < -0.39 is 0 Å². The summed E-state index contributed by atoms with van der Waals surface area (Å²) in [6.45, 7) is 1.40. The van der Waals surface area contributed by atoms with E-state index in [0.29, 0.717) is 6.54 Å². The second kappa shape index (κ2) is 5.95. The van der Waals surface area contributed by atoms with Crippen molar-refractivity contribution >= 4 is 28.8 Å². The minimum atomic E-state index is 0.667. The maximum absolute atomic E-state index is 5.87. The molecule has 0 saturated carbocycles. The average Bonchev–Trinajstić information content (AvgIpc) is 2.74. The van der Waals surface area contributed by atoms with E-state index in [1.54, 1.807) is 17.5 Å². The molecule has 0 spiro atoms. The molecule has 0 aromatic carbocycles. The van der Waals surface area contributed by atoms with Crippen LogP contribution in [0.1, 0.15) is 10.7 Å². The molecule has 4 nitrogen and oxygen atoms in total. The SMILES string of the molecule is CNCc1nccc(NCc2ccc(Cl)s2)n1. The van der Waals surface area contributed by atoms with Crippen molar-refractivity contribution in [3.63, 3.8) is 0 Å². The summed E-state index contributed by atoms with van der Waals surface area (Å²) >= 11 is 7.43. The molecule has 0 amide bonds. The van der Waals surface area contributed by atoms with Crippen LogP contribution in [0.3, 0.4) is 0 Å². The summed E-state index contributed by atoms with van der Waals surface area (Å²) < 4.78 is 0.806. The molecule has 0 bridgehead atoms. The molecule has 0 aliphatic heterocycles. The number of nitrogens with zero attached hydrogens (tertiary/aromatic N) is 2. The quantitative estimate of drug-likeness (QED) is 0.875. The van der Waals surface area contributed by atoms with Crippen LogP contribution in [0.5, 0.6) is 0 Å². The highest BCUT2D eigenvalue weighted by molar-refractivity contribution is 7.16. The number of aromatic nitrogens is 2. The lowest BCUT2D eigenvalue weighted by atomic mass is 10.4. The van der Waals surface area contributed by atoms with Crippen molar-refractivity contribution in [3.05, 3.63) is 39.4 Å². The van der Waals surface area contributed by atoms with Crippen molar-refractivity contribution in [1.82, 2.24) is 15.3 Å². The van der Waals surface area contributed by atoms with Gasteiger partial charge in [-0.25, -0.2) is 9.97 Å². The van der Waals surface area contributed by atoms with Crippen LogP contribution < -0.4 is 10.6 Å². The fraction of sp³-hybridized carbons (Fsp3) is 0.273. The molecule has 2 heterocycles. The average molecular weight is 269 g/mol. The summed E-state index contributed by atoms with van der Waals surface area (Å²) in [6, 6.07) is 5.76. The minimum absolute atomic E-state index is 0.667. The molecule has 0 radical (unpaired) electrons. The topological polar surface area (TPSA) is 49.8 Å². The van der Waals surface area contributed by atoms with Gasteiger partial charge in [0.15, 0.2) is 0 Å². The van der Waals surface area contributed by atoms with Gasteiger partial charge in [0, 0.05) is 11.1 Å². The summed E-state index contributed by atoms with van der Waals surface area (Å²) in [4.78, 5) is 9.71. The maximum atomic E-state index is 5.87. The predicted octanol–water partition coefficient (Wildman–Crippen LogP) is 2.52. The summed E-state index contributed by atoms with van der Waals surface area (Å²) in [7, 11) is 1.87. The predicted molar refractivity (Wildman–Crippen MR) is 71.5 cm³/mol. The van der Waals surface area contributed by atoms with E-state index in [4.69, 9.17) is 11.6 Å². The van der Waals surface area contributed by atoms with Crippen LogP contribution in [0.15, 0.2) is 24.4 Å². The zero-order valence-corrected chi connectivity index (χ0v) is 11.0. The van der Waals surface area contributed by atoms with Gasteiger partial charge in [0.1, 0.15) is 11.6 Å². The molecule has 90 valence electrons. The Morgan fingerprint density at radius 1 is 1.29 bits per heavy atom. The van der Waals surface area contributed by atoms with Gasteiger partial charge in [-0.15, -0.1) is 11.3 Å². The van der Waals surface area contributed by atoms with Crippen molar-refractivity contribution in [2.24, 2.45) is 0 Å². The first kappa shape index (κ1) is 12.3. The third-order valence-electron chi connectivity index (χ3n) is 2.11. The van der Waals surface area contributed by atoms with Gasteiger partial charge in [0.2, 0.25) is 0 Å². The standard InChI is InChI=1S/C11H13ClN4S/c1-13-7-11-14-5-4-10(16-11)15-6-8-2-3-9(12)17-8/h2-5,13H,6-7H2,1H3,(H,14,15,16). The highest BCUT2D eigenvalue weighted by atomic mass is 35.5. The number of rotatable bonds is 5. The van der Waals surface area contributed by atoms with Crippen LogP contribution in [0, 0.1) is 0 Å². The van der Waals surface area contributed by atoms with E-state index in [0.717, 1.165) is 22.5 Å². The Morgan fingerprint density at radius 3 is 2.88 bits per heavy atom. The molecular weight excluding hydrogens is 256 g/mol. The number of hydrogen-bond donors (Lipinski definition) is 2. The molecule has 17 heavy (non-hydrogen) atoms. The fourth-order valence-corrected chi connectivity index (χ4v) is 2.39. The van der Waals surface area contributed by atoms with E-state index >= 15 is 0 Å². The summed E-state index contributed by atoms with van der Waals surface area (Å²) in [6.07, 6.45) is 1.75. The Bertz CT molecular complexity index is 486. The van der Waals surface area contributed by atoms with Gasteiger partial charge < -0.3 is 10.6 Å². The molecule has 2 N–H and O–H groups in total. The zero-order chi connectivity index (χ0) is 12.1. The van der Waals surface area contributed by atoms with Gasteiger partial charge in [-0.1, -0.05) is 11.6 Å². The van der Waals surface area contributed by atoms with Crippen molar-refractivity contribution in [1.29, 1.82) is 0 Å². The van der Waals surface area contributed by atoms with Gasteiger partial charge in [0.05, 0.1) is 17.4 Å². The number of anilines is 1. The van der Waals surface area contributed by atoms with Crippen LogP contribution in [-0.4, -0.2) is 17.0 Å². The third kappa shape index (κ3) is 3.66. The number of halogens is 1. The van der Waals surface area contributed by atoms with Gasteiger partial charge in [0.25, 0.3) is 0 Å². The first-order valence-electron chi connectivity index (χ1n) is 5.22. The minimum Gasteiger partial charge on any atom is -0.365 e. The largest absolute Gasteiger partial charge is 0.365 e. The van der Waals surface area contributed by atoms with Gasteiger partial charge in [-0.3, -0.25) is 0 Å². The number of hydrogen-bond acceptors (Lipinski definition) is 5. The normalized spacial score (nSPS) is 10.5. The van der Waals surface area contributed by atoms with E-state index in [1.807, 2.05) is 25.2 Å². The van der Waals surface area contributed by atoms with Crippen LogP contribution in [0.25, 0.3) is 0 Å². The molecule has 0 aliphatic rings. The lowest BCUT2D eigenvalue weighted by Gasteiger charge is -2.05. The molecule has 2 rings (SSSR count). The van der Waals surface area contributed by atoms with Crippen molar-refractivity contribution < 1.29 is 0 Å². The molecule has 0 saturated heterocycles. The van der Waals surface area contributed by atoms with Crippen LogP contribution >= 0.6 is 22.9 Å². The summed E-state index contributed by atoms with van der Waals surface area (Å²) in [5.41, 5.74) is 0. The highest BCUT2D eigenvalue weighted by Crippen LogP contribution is 2.21. The monoisotopic (exact) mass is 268 g/mol. The Kier molecular flexibility index (Phi) is 4.30. The molecule has 2 aromatic heterocycles. The zero-order valence-electron chi connectivity index (χ0n) is 9.40. The second-order valence-electron chi connectivity index (χ2n) is 3.45. The van der Waals surface area contributed by atoms with Gasteiger partial charge >= 0.3 is 0 Å². The first-order chi connectivity index (χ1) is 8.28. The highest BCUT2D eigenvalue weighted by Gasteiger charge is 2.00. The van der Waals surface area contributed by atoms with Crippen molar-refractivity contribution in [2.45, 2.75) is 13.1 Å². The first-order valence-corrected chi connectivity index (χ1v) is 6.42. The Morgan fingerprint density at radius 2 is 2.18 bits per heavy atom. The Balaban J connectivity index is 1.96. The van der Waals surface area contributed by atoms with E-state index in [1.165, 1.54) is 4.88 Å². The smallest absolute Gasteiger partial charge is 0.144 e. The molecule has 6 heteroatoms. The van der Waals surface area contributed by atoms with Crippen molar-refractivity contribution in [3.8, 4) is 0 Å². The Labute approximate surface area is 109 Å². The van der Waals surface area contributed by atoms with E-state index in [9.17, 15) is 0 Å². The molecular formula is C11H13ClN4S. The molecule has 0 aliphatic carbocycles. The second-order valence-corrected chi connectivity index (χ2v) is 5.25. The van der Waals surface area contributed by atoms with Gasteiger partial charge in [-0.05, 0) is 25.2 Å². The molecule has 2 aromatic rings. The summed E-state index contributed by atoms with van der Waals surface area (Å²) in [5, 5.41) is 6.27. The van der Waals surface area contributed by atoms with Crippen LogP contribution in [0.2, 0.25) is 4.34 Å². The fourth-order valence-electron chi connectivity index (χ4n) is 1.37. The molecule has 0 unspecified atom stereocenters. The van der Waals surface area contributed by atoms with Crippen LogP contribution in [-0.2, 0) is 13.1 Å². The number of thiophene rings is 1. The maximum Gasteiger partial charge on any atom is 0.144 e. The van der Waals surface area contributed by atoms with Crippen molar-refractivity contribution in [2.75, 3.05) is 12.4 Å². The van der Waals surface area contributed by atoms with Crippen LogP contribution in [0.4, 0.5) is 5.82 Å². The van der Waals surface area contributed by atoms with E-state index in [2.05, 4.69) is 20.6 Å². The third-order valence-corrected chi connectivity index (χ3v) is 3.34. The molecule has 0 fully saturated rings. The molecule has 0 atom stereocenters. The summed E-state index contributed by atoms with van der Waals surface area (Å²) in [5.74, 6) is 1.61. The van der Waals surface area contributed by atoms with Gasteiger partial charge in [-0.2, -0.15) is 0 Å². The lowest BCUT2D eigenvalue weighted by Crippen LogP contribution is -2.10. The lowest BCUT2D eigenvalue weighted by molar-refractivity contribution is 0.758. The Hall–Kier alpha value is -1.17. The number of nitrogens with one attached hydrogen (secondary N) is 2.